The molecule has 0 radical (unpaired) electrons. The van der Waals surface area contributed by atoms with Gasteiger partial charge in [-0.3, -0.25) is 19.2 Å². The lowest BCUT2D eigenvalue weighted by Crippen LogP contribution is -2.26. The quantitative estimate of drug-likeness (QED) is 0.0962. The highest BCUT2D eigenvalue weighted by atomic mass is 32.2. The van der Waals surface area contributed by atoms with E-state index >= 15 is 0 Å². The number of hydrazone groups is 2. The number of aromatic amines is 4. The first-order valence-electron chi connectivity index (χ1n) is 14.6. The highest BCUT2D eigenvalue weighted by Crippen LogP contribution is 2.68. The zero-order valence-electron chi connectivity index (χ0n) is 25.4. The fourth-order valence-corrected chi connectivity index (χ4v) is 11.2. The number of fused-ring (bicyclic) bond motifs is 4. The van der Waals surface area contributed by atoms with Crippen LogP contribution in [0.4, 0.5) is 11.4 Å². The number of nitrogens with zero attached hydrogens (tertiary/aromatic N) is 4. The lowest BCUT2D eigenvalue weighted by molar-refractivity contribution is -0.115. The summed E-state index contributed by atoms with van der Waals surface area (Å²) in [6.07, 6.45) is 0. The summed E-state index contributed by atoms with van der Waals surface area (Å²) in [5.41, 5.74) is 11.6. The number of phenols is 2. The lowest BCUT2D eigenvalue weighted by Gasteiger charge is -2.12. The highest BCUT2D eigenvalue weighted by molar-refractivity contribution is 8.26. The zero-order valence-corrected chi connectivity index (χ0v) is 28.7. The molecule has 4 aliphatic rings. The van der Waals surface area contributed by atoms with E-state index in [2.05, 4.69) is 30.1 Å². The van der Waals surface area contributed by atoms with Crippen molar-refractivity contribution in [2.75, 3.05) is 10.0 Å². The van der Waals surface area contributed by atoms with E-state index in [9.17, 15) is 39.0 Å². The van der Waals surface area contributed by atoms with Crippen molar-refractivity contribution in [1.82, 2.24) is 19.9 Å². The Morgan fingerprint density at radius 2 is 0.923 bits per heavy atom. The summed E-state index contributed by atoms with van der Waals surface area (Å²) in [5.74, 6) is -3.97. The maximum Gasteiger partial charge on any atom is 0.323 e. The van der Waals surface area contributed by atoms with Gasteiger partial charge >= 0.3 is 11.4 Å². The van der Waals surface area contributed by atoms with E-state index in [1.165, 1.54) is 24.3 Å². The van der Waals surface area contributed by atoms with Gasteiger partial charge in [-0.1, -0.05) is 47.0 Å². The minimum Gasteiger partial charge on any atom is -0.505 e. The predicted octanol–water partition coefficient (Wildman–Crippen LogP) is 2.03. The number of benzene rings is 3. The number of phenolic OH excluding ortho intramolecular Hbond substituents is 2. The minimum absolute atomic E-state index is 0.149. The number of nitrogens with two attached hydrogens (primary N) is 2. The van der Waals surface area contributed by atoms with Crippen LogP contribution in [0.3, 0.4) is 0 Å². The minimum atomic E-state index is -0.992. The molecule has 0 atom stereocenters. The van der Waals surface area contributed by atoms with E-state index in [4.69, 9.17) is 11.5 Å². The first-order valence-corrected chi connectivity index (χ1v) is 17.9. The zero-order chi connectivity index (χ0) is 36.3. The summed E-state index contributed by atoms with van der Waals surface area (Å²) < 4.78 is 0.425. The third-order valence-corrected chi connectivity index (χ3v) is 13.3. The van der Waals surface area contributed by atoms with Crippen molar-refractivity contribution in [3.05, 3.63) is 77.0 Å². The van der Waals surface area contributed by atoms with Gasteiger partial charge in [-0.2, -0.15) is 20.2 Å². The molecule has 2 aromatic heterocycles. The molecule has 0 aliphatic carbocycles. The summed E-state index contributed by atoms with van der Waals surface area (Å²) in [6.45, 7) is 0. The molecule has 5 aromatic rings. The van der Waals surface area contributed by atoms with Crippen molar-refractivity contribution in [2.24, 2.45) is 21.7 Å². The highest BCUT2D eigenvalue weighted by Gasteiger charge is 2.44. The van der Waals surface area contributed by atoms with Gasteiger partial charge in [-0.05, 0) is 36.4 Å². The van der Waals surface area contributed by atoms with Crippen LogP contribution in [0.15, 0.2) is 95.4 Å². The van der Waals surface area contributed by atoms with Crippen LogP contribution in [-0.4, -0.2) is 65.2 Å². The molecule has 3 aromatic carbocycles. The average molecular weight is 773 g/mol. The Hall–Kier alpha value is -6.10. The van der Waals surface area contributed by atoms with Crippen molar-refractivity contribution in [1.29, 1.82) is 0 Å². The monoisotopic (exact) mass is 772 g/mol. The number of H-pyrrole nitrogens is 4. The van der Waals surface area contributed by atoms with E-state index in [-0.39, 0.29) is 73.5 Å². The van der Waals surface area contributed by atoms with Gasteiger partial charge in [-0.25, -0.2) is 9.59 Å². The molecule has 18 nitrogen and oxygen atoms in total. The van der Waals surface area contributed by atoms with Crippen molar-refractivity contribution >= 4 is 116 Å². The number of thioether (sulfide) groups is 4. The van der Waals surface area contributed by atoms with E-state index in [1.807, 2.05) is 0 Å². The summed E-state index contributed by atoms with van der Waals surface area (Å²) in [4.78, 5) is 87.1. The number of imidazole rings is 2. The molecule has 6 heterocycles. The molecule has 52 heavy (non-hydrogen) atoms. The molecule has 9 rings (SSSR count). The number of carbonyl (C=O) groups excluding carboxylic acids is 4. The van der Waals surface area contributed by atoms with E-state index in [1.54, 1.807) is 12.1 Å². The van der Waals surface area contributed by atoms with Crippen molar-refractivity contribution in [3.8, 4) is 11.5 Å². The van der Waals surface area contributed by atoms with Gasteiger partial charge in [0.2, 0.25) is 0 Å². The number of amides is 4. The van der Waals surface area contributed by atoms with Crippen LogP contribution < -0.4 is 32.9 Å². The van der Waals surface area contributed by atoms with Crippen LogP contribution in [0.25, 0.3) is 22.1 Å². The van der Waals surface area contributed by atoms with E-state index in [0.717, 1.165) is 57.1 Å². The van der Waals surface area contributed by atoms with Crippen LogP contribution in [0, 0.1) is 0 Å². The summed E-state index contributed by atoms with van der Waals surface area (Å²) >= 11 is 3.65. The molecule has 0 saturated heterocycles. The Labute approximate surface area is 303 Å². The first-order chi connectivity index (χ1) is 24.9. The summed E-state index contributed by atoms with van der Waals surface area (Å²) in [6, 6.07) is 9.17. The molecule has 0 spiro atoms. The second-order valence-electron chi connectivity index (χ2n) is 11.2. The van der Waals surface area contributed by atoms with Gasteiger partial charge in [-0.15, -0.1) is 0 Å². The molecule has 4 amide bonds. The van der Waals surface area contributed by atoms with E-state index in [0.29, 0.717) is 22.1 Å². The largest absolute Gasteiger partial charge is 0.505 e. The van der Waals surface area contributed by atoms with Gasteiger partial charge in [0.15, 0.2) is 11.4 Å². The van der Waals surface area contributed by atoms with Gasteiger partial charge in [0.1, 0.15) is 11.5 Å². The van der Waals surface area contributed by atoms with Crippen molar-refractivity contribution in [2.45, 2.75) is 19.6 Å². The second kappa shape index (κ2) is 11.2. The Morgan fingerprint density at radius 1 is 0.577 bits per heavy atom. The first kappa shape index (κ1) is 31.9. The predicted molar refractivity (Wildman–Crippen MR) is 193 cm³/mol. The molecule has 4 aliphatic heterocycles. The lowest BCUT2D eigenvalue weighted by atomic mass is 10.1. The van der Waals surface area contributed by atoms with Gasteiger partial charge in [0.25, 0.3) is 23.6 Å². The number of nitrogens with one attached hydrogen (secondary N) is 4. The fourth-order valence-electron chi connectivity index (χ4n) is 5.80. The third-order valence-electron chi connectivity index (χ3n) is 8.10. The Balaban J connectivity index is 1.06. The molecule has 10 N–H and O–H groups in total. The number of anilines is 2. The van der Waals surface area contributed by atoms with Gasteiger partial charge in [0, 0.05) is 0 Å². The van der Waals surface area contributed by atoms with Crippen LogP contribution in [0.5, 0.6) is 11.5 Å². The number of carbonyl (C=O) groups is 4. The number of primary amides is 2. The molecule has 0 bridgehead atoms. The molecular weight excluding hydrogens is 757 g/mol. The maximum atomic E-state index is 13.8. The number of aromatic hydroxyl groups is 2. The number of hydrogen-bond acceptors (Lipinski definition) is 14. The second-order valence-corrected chi connectivity index (χ2v) is 15.8. The van der Waals surface area contributed by atoms with Crippen LogP contribution in [-0.2, 0) is 19.2 Å². The van der Waals surface area contributed by atoms with Crippen LogP contribution in [0.2, 0.25) is 0 Å². The Kier molecular flexibility index (Phi) is 6.86. The van der Waals surface area contributed by atoms with E-state index < -0.39 is 35.0 Å². The molecule has 0 fully saturated rings. The SMILES string of the molecule is NC(=O)C1=NN(c2ccc3[nH]c(=O)[nH]c3c2)C(=O)C1=C1Sc2c(O)c3c(c(O)c2S1)SC(=C1C(=O)N(c2ccc4[nH]c(=O)[nH]c4c2)N=C1C(N)=O)S3. The fraction of sp³-hybridized carbons (Fsp3) is 0. The Morgan fingerprint density at radius 3 is 1.27 bits per heavy atom. The molecule has 0 unspecified atom stereocenters. The average Bonchev–Trinajstić information content (AvgIpc) is 3.94. The molecule has 0 saturated carbocycles. The Bertz CT molecular complexity index is 2610. The number of rotatable bonds is 4. The third kappa shape index (κ3) is 4.64. The summed E-state index contributed by atoms with van der Waals surface area (Å²) in [7, 11) is 0. The van der Waals surface area contributed by atoms with Crippen molar-refractivity contribution in [3.63, 3.8) is 0 Å². The van der Waals surface area contributed by atoms with Gasteiger partial charge in [0.05, 0.1) is 72.6 Å². The van der Waals surface area contributed by atoms with Crippen molar-refractivity contribution < 1.29 is 29.4 Å². The van der Waals surface area contributed by atoms with Crippen LogP contribution in [0.1, 0.15) is 0 Å². The topological polar surface area (TPSA) is 289 Å². The van der Waals surface area contributed by atoms with Gasteiger partial charge < -0.3 is 41.6 Å². The molecular formula is C30H16N10O8S4. The number of aromatic nitrogens is 4. The number of hydrogen-bond donors (Lipinski definition) is 8. The molecule has 22 heteroatoms. The maximum absolute atomic E-state index is 13.8. The molecule has 258 valence electrons. The smallest absolute Gasteiger partial charge is 0.323 e. The standard InChI is InChI=1S/C30H16N10O8S4/c31-23(43)15-13(25(45)39(37-15)7-1-3-9-11(5-7)35-29(47)33-9)27-49-19-17(41)21-22(18(42)20(19)50-27)52-28(51-21)14-16(24(32)44)38-40(26(14)46)8-2-4-10-12(6-8)36-30(48)34-10/h1-6,41-42H,(H2,31,43)(H2,32,44)(H2,33,35,47)(H2,34,36,48). The summed E-state index contributed by atoms with van der Waals surface area (Å²) in [5, 5.41) is 33.3. The normalized spacial score (nSPS) is 16.8. The van der Waals surface area contributed by atoms with Crippen LogP contribution >= 0.6 is 47.0 Å².